The van der Waals surface area contributed by atoms with Crippen molar-refractivity contribution in [2.45, 2.75) is 31.8 Å². The van der Waals surface area contributed by atoms with Gasteiger partial charge in [-0.05, 0) is 13.8 Å². The number of thiazole rings is 1. The number of phenolic OH excluding ortho intramolecular Hbond substituents is 1. The molecule has 1 unspecified atom stereocenters. The van der Waals surface area contributed by atoms with E-state index in [4.69, 9.17) is 14.0 Å². The van der Waals surface area contributed by atoms with Gasteiger partial charge in [0.1, 0.15) is 17.5 Å². The zero-order valence-corrected chi connectivity index (χ0v) is 20.2. The zero-order chi connectivity index (χ0) is 25.0. The van der Waals surface area contributed by atoms with Crippen molar-refractivity contribution in [2.24, 2.45) is 0 Å². The molecular weight excluding hydrogens is 497 g/mol. The Morgan fingerprint density at radius 2 is 2.06 bits per heavy atom. The van der Waals surface area contributed by atoms with Crippen molar-refractivity contribution in [1.29, 1.82) is 0 Å². The lowest BCUT2D eigenvalue weighted by Gasteiger charge is -2.17. The third kappa shape index (κ3) is 5.73. The highest BCUT2D eigenvalue weighted by atomic mass is 32.2. The summed E-state index contributed by atoms with van der Waals surface area (Å²) in [5.74, 6) is 0.494. The lowest BCUT2D eigenvalue weighted by atomic mass is 10.0. The van der Waals surface area contributed by atoms with Gasteiger partial charge in [-0.1, -0.05) is 5.16 Å². The van der Waals surface area contributed by atoms with Crippen molar-refractivity contribution >= 4 is 34.2 Å². The first-order valence-corrected chi connectivity index (χ1v) is 11.7. The number of phenols is 1. The summed E-state index contributed by atoms with van der Waals surface area (Å²) in [4.78, 5) is 20.1. The number of hydrogen-bond acceptors (Lipinski definition) is 11. The molecule has 34 heavy (non-hydrogen) atoms. The Kier molecular flexibility index (Phi) is 7.92. The number of nitrogens with zero attached hydrogens (tertiary/aromatic N) is 3. The summed E-state index contributed by atoms with van der Waals surface area (Å²) in [6.07, 6.45) is -4.56. The van der Waals surface area contributed by atoms with Crippen LogP contribution in [0.25, 0.3) is 0 Å². The van der Waals surface area contributed by atoms with Gasteiger partial charge in [-0.15, -0.1) is 11.3 Å². The summed E-state index contributed by atoms with van der Waals surface area (Å²) < 4.78 is 54.0. The van der Waals surface area contributed by atoms with Crippen LogP contribution in [0.4, 0.5) is 18.3 Å². The van der Waals surface area contributed by atoms with E-state index < -0.39 is 23.9 Å². The van der Waals surface area contributed by atoms with E-state index in [1.807, 2.05) is 0 Å². The zero-order valence-electron chi connectivity index (χ0n) is 18.5. The molecule has 3 rings (SSSR count). The second kappa shape index (κ2) is 10.5. The fourth-order valence-corrected chi connectivity index (χ4v) is 4.91. The van der Waals surface area contributed by atoms with Gasteiger partial charge < -0.3 is 24.4 Å². The summed E-state index contributed by atoms with van der Waals surface area (Å²) in [6.45, 7) is 3.29. The third-order valence-electron chi connectivity index (χ3n) is 4.70. The van der Waals surface area contributed by atoms with E-state index in [-0.39, 0.29) is 33.8 Å². The maximum Gasteiger partial charge on any atom is 0.434 e. The Morgan fingerprint density at radius 3 is 2.62 bits per heavy atom. The molecule has 0 bridgehead atoms. The summed E-state index contributed by atoms with van der Waals surface area (Å²) in [6, 6.07) is 0.727. The van der Waals surface area contributed by atoms with E-state index in [0.717, 1.165) is 16.7 Å². The Labute approximate surface area is 200 Å². The van der Waals surface area contributed by atoms with Gasteiger partial charge >= 0.3 is 12.1 Å². The third-order valence-corrected chi connectivity index (χ3v) is 6.53. The predicted molar refractivity (Wildman–Crippen MR) is 119 cm³/mol. The molecule has 0 aliphatic heterocycles. The average molecular weight is 519 g/mol. The molecule has 0 spiro atoms. The number of esters is 1. The van der Waals surface area contributed by atoms with Crippen LogP contribution < -0.4 is 10.1 Å². The number of ether oxygens (including phenoxy) is 2. The second-order valence-electron chi connectivity index (χ2n) is 7.00. The smallest absolute Gasteiger partial charge is 0.434 e. The molecule has 0 saturated carbocycles. The molecule has 184 valence electrons. The highest BCUT2D eigenvalue weighted by molar-refractivity contribution is 7.98. The van der Waals surface area contributed by atoms with Gasteiger partial charge in [-0.25, -0.2) is 9.78 Å². The van der Waals surface area contributed by atoms with Crippen LogP contribution in [0.2, 0.25) is 0 Å². The molecule has 2 heterocycles. The fourth-order valence-electron chi connectivity index (χ4n) is 3.06. The molecule has 0 aliphatic carbocycles. The number of aromatic nitrogens is 3. The van der Waals surface area contributed by atoms with Gasteiger partial charge in [0.05, 0.1) is 19.8 Å². The maximum absolute atomic E-state index is 12.9. The van der Waals surface area contributed by atoms with Gasteiger partial charge in [0.15, 0.2) is 16.6 Å². The van der Waals surface area contributed by atoms with Crippen LogP contribution in [-0.4, -0.2) is 46.2 Å². The largest absolute Gasteiger partial charge is 0.507 e. The number of thioether (sulfide) groups is 1. The van der Waals surface area contributed by atoms with Crippen LogP contribution in [0.3, 0.4) is 0 Å². The number of aryl methyl sites for hydroxylation is 1. The molecule has 9 nitrogen and oxygen atoms in total. The van der Waals surface area contributed by atoms with Gasteiger partial charge in [0, 0.05) is 34.1 Å². The van der Waals surface area contributed by atoms with Crippen molar-refractivity contribution in [2.75, 3.05) is 25.3 Å². The molecule has 0 fully saturated rings. The second-order valence-corrected chi connectivity index (χ2v) is 8.88. The lowest BCUT2D eigenvalue weighted by molar-refractivity contribution is -0.140. The Bertz CT molecular complexity index is 1170. The number of alkyl halides is 3. The molecule has 0 amide bonds. The normalized spacial score (nSPS) is 12.4. The van der Waals surface area contributed by atoms with Crippen molar-refractivity contribution < 1.29 is 37.1 Å². The number of aromatic hydroxyl groups is 1. The minimum Gasteiger partial charge on any atom is -0.507 e. The van der Waals surface area contributed by atoms with E-state index in [2.05, 4.69) is 20.4 Å². The first-order chi connectivity index (χ1) is 16.0. The molecule has 3 aromatic rings. The molecule has 1 aromatic carbocycles. The number of carbonyl (C=O) groups is 1. The summed E-state index contributed by atoms with van der Waals surface area (Å²) in [5, 5.41) is 18.1. The summed E-state index contributed by atoms with van der Waals surface area (Å²) in [5.41, 5.74) is 0.0193. The number of hydrogen-bond donors (Lipinski definition) is 2. The molecule has 0 aliphatic rings. The fraction of sp³-hybridized carbons (Fsp3) is 0.400. The van der Waals surface area contributed by atoms with E-state index in [1.54, 1.807) is 13.8 Å². The van der Waals surface area contributed by atoms with Crippen LogP contribution in [0.15, 0.2) is 16.0 Å². The van der Waals surface area contributed by atoms with Crippen molar-refractivity contribution in [3.8, 4) is 11.5 Å². The number of nitrogens with one attached hydrogen (secondary N) is 1. The number of anilines is 1. The van der Waals surface area contributed by atoms with Crippen molar-refractivity contribution in [3.63, 3.8) is 0 Å². The predicted octanol–water partition coefficient (Wildman–Crippen LogP) is 4.75. The first-order valence-electron chi connectivity index (χ1n) is 9.70. The monoisotopic (exact) mass is 518 g/mol. The molecule has 14 heteroatoms. The molecular formula is C20H21F3N4O5S2. The van der Waals surface area contributed by atoms with E-state index in [1.165, 1.54) is 32.0 Å². The molecule has 0 radical (unpaired) electrons. The number of benzene rings is 1. The number of halogens is 3. The van der Waals surface area contributed by atoms with Gasteiger partial charge in [-0.2, -0.15) is 29.9 Å². The minimum atomic E-state index is -4.56. The average Bonchev–Trinajstić information content (AvgIpc) is 3.43. The Hall–Kier alpha value is -3.00. The molecule has 2 N–H and O–H groups in total. The lowest BCUT2D eigenvalue weighted by Crippen LogP contribution is -2.15. The number of carbonyl (C=O) groups excluding carboxylic acids is 1. The molecule has 2 aromatic heterocycles. The van der Waals surface area contributed by atoms with Crippen molar-refractivity contribution in [3.05, 3.63) is 45.5 Å². The first kappa shape index (κ1) is 25.6. The topological polar surface area (TPSA) is 120 Å². The van der Waals surface area contributed by atoms with Crippen LogP contribution >= 0.6 is 23.1 Å². The molecule has 0 saturated heterocycles. The standard InChI is InChI=1S/C20H21F3N4O5S2/c1-9-14(30-3)5-13(28)11(16(9)18(29)31-4)6-33-7-12(17-24-10(2)27-32-17)25-19-26-15(8-34-19)20(21,22)23/h5,8,12,28H,6-7H2,1-4H3,(H,25,26). The Morgan fingerprint density at radius 1 is 1.32 bits per heavy atom. The Balaban J connectivity index is 1.82. The van der Waals surface area contributed by atoms with Crippen molar-refractivity contribution in [1.82, 2.24) is 15.1 Å². The number of methoxy groups -OCH3 is 2. The van der Waals surface area contributed by atoms with Gasteiger partial charge in [0.25, 0.3) is 0 Å². The van der Waals surface area contributed by atoms with Crippen LogP contribution in [-0.2, 0) is 16.7 Å². The minimum absolute atomic E-state index is 0.0344. The highest BCUT2D eigenvalue weighted by Crippen LogP contribution is 2.37. The van der Waals surface area contributed by atoms with E-state index in [9.17, 15) is 23.1 Å². The summed E-state index contributed by atoms with van der Waals surface area (Å²) in [7, 11) is 2.65. The van der Waals surface area contributed by atoms with Gasteiger partial charge in [0.2, 0.25) is 5.89 Å². The SMILES string of the molecule is COC(=O)c1c(C)c(OC)cc(O)c1CSCC(Nc1nc(C(F)(F)F)cs1)c1nc(C)no1. The van der Waals surface area contributed by atoms with E-state index in [0.29, 0.717) is 22.7 Å². The summed E-state index contributed by atoms with van der Waals surface area (Å²) >= 11 is 2.08. The van der Waals surface area contributed by atoms with Crippen LogP contribution in [0.1, 0.15) is 44.9 Å². The van der Waals surface area contributed by atoms with Crippen LogP contribution in [0.5, 0.6) is 11.5 Å². The van der Waals surface area contributed by atoms with Gasteiger partial charge in [-0.3, -0.25) is 0 Å². The van der Waals surface area contributed by atoms with E-state index >= 15 is 0 Å². The van der Waals surface area contributed by atoms with Crippen LogP contribution in [0, 0.1) is 13.8 Å². The molecule has 1 atom stereocenters. The highest BCUT2D eigenvalue weighted by Gasteiger charge is 2.34. The quantitative estimate of drug-likeness (QED) is 0.384. The number of rotatable bonds is 9. The maximum atomic E-state index is 12.9.